The molecule has 0 unspecified atom stereocenters. The zero-order chi connectivity index (χ0) is 4.12. The first-order valence-corrected chi connectivity index (χ1v) is 15.5. The van der Waals surface area contributed by atoms with Crippen LogP contribution in [0.25, 0.3) is 0 Å². The van der Waals surface area contributed by atoms with Crippen LogP contribution in [0.5, 0.6) is 0 Å². The molecule has 0 radical (unpaired) electrons. The molecule has 0 bridgehead atoms. The van der Waals surface area contributed by atoms with Gasteiger partial charge in [0, 0.05) is 0 Å². The quantitative estimate of drug-likeness (QED) is 0.538. The molecule has 0 aliphatic heterocycles. The second kappa shape index (κ2) is 5.07. The standard InChI is InChI=1S/CHNS.ClH.Hg/c2-1-3;;/h3H;1H;/q;;+2/p-2. The van der Waals surface area contributed by atoms with Gasteiger partial charge in [0.2, 0.25) is 0 Å². The van der Waals surface area contributed by atoms with E-state index >= 15 is 0 Å². The second-order valence-corrected chi connectivity index (χ2v) is 12.7. The van der Waals surface area contributed by atoms with Crippen LogP contribution in [0.4, 0.5) is 0 Å². The van der Waals surface area contributed by atoms with Gasteiger partial charge in [-0.2, -0.15) is 0 Å². The Hall–Kier alpha value is 1.07. The number of hydrogen-bond acceptors (Lipinski definition) is 2. The number of nitrogens with zero attached hydrogens (tertiary/aromatic N) is 1. The van der Waals surface area contributed by atoms with Gasteiger partial charge in [0.15, 0.2) is 0 Å². The molecule has 0 aromatic carbocycles. The summed E-state index contributed by atoms with van der Waals surface area (Å²) < 4.78 is 0. The molecule has 0 spiro atoms. The Balaban J connectivity index is 2.48. The van der Waals surface area contributed by atoms with Gasteiger partial charge < -0.3 is 0 Å². The molecular weight excluding hydrogens is 294 g/mol. The van der Waals surface area contributed by atoms with E-state index in [1.165, 1.54) is 8.24 Å². The summed E-state index contributed by atoms with van der Waals surface area (Å²) in [6.45, 7) is 0. The molecule has 5 heavy (non-hydrogen) atoms. The van der Waals surface area contributed by atoms with Crippen molar-refractivity contribution in [1.29, 1.82) is 5.26 Å². The van der Waals surface area contributed by atoms with Crippen molar-refractivity contribution in [3.63, 3.8) is 0 Å². The summed E-state index contributed by atoms with van der Waals surface area (Å²) in [5.74, 6) is 0. The van der Waals surface area contributed by atoms with Crippen LogP contribution in [0.1, 0.15) is 0 Å². The van der Waals surface area contributed by atoms with Gasteiger partial charge in [-0.3, -0.25) is 0 Å². The third-order valence-electron chi connectivity index (χ3n) is 0.119. The van der Waals surface area contributed by atoms with Crippen molar-refractivity contribution in [3.05, 3.63) is 0 Å². The van der Waals surface area contributed by atoms with Gasteiger partial charge in [-0.15, -0.1) is 0 Å². The van der Waals surface area contributed by atoms with E-state index in [0.717, 1.165) is 0 Å². The maximum atomic E-state index is 7.75. The number of thiocyanates is 1. The van der Waals surface area contributed by atoms with Gasteiger partial charge in [-0.05, 0) is 0 Å². The van der Waals surface area contributed by atoms with Gasteiger partial charge in [-0.1, -0.05) is 0 Å². The molecule has 24 valence electrons. The average molecular weight is 294 g/mol. The van der Waals surface area contributed by atoms with Crippen molar-refractivity contribution in [2.75, 3.05) is 0 Å². The molecule has 0 fully saturated rings. The van der Waals surface area contributed by atoms with E-state index < -0.39 is 21.8 Å². The molecular formula is CClHgNS. The summed E-state index contributed by atoms with van der Waals surface area (Å²) in [5, 5.41) is 9.65. The van der Waals surface area contributed by atoms with Crippen LogP contribution in [0.2, 0.25) is 0 Å². The molecule has 0 atom stereocenters. The summed E-state index contributed by atoms with van der Waals surface area (Å²) in [7, 11) is 6.52. The Bertz CT molecular complexity index is 50.1. The molecule has 0 saturated carbocycles. The molecule has 0 aliphatic carbocycles. The van der Waals surface area contributed by atoms with Gasteiger partial charge in [0.25, 0.3) is 0 Å². The van der Waals surface area contributed by atoms with Crippen LogP contribution in [-0.2, 0) is 21.8 Å². The van der Waals surface area contributed by atoms with Crippen LogP contribution in [0.3, 0.4) is 0 Å². The average Bonchev–Trinajstić information content (AvgIpc) is 1.41. The van der Waals surface area contributed by atoms with Gasteiger partial charge in [-0.25, -0.2) is 0 Å². The van der Waals surface area contributed by atoms with Crippen molar-refractivity contribution >= 4 is 16.5 Å². The number of halogens is 1. The molecule has 4 heteroatoms. The molecule has 0 rings (SSSR count). The molecule has 1 nitrogen and oxygen atoms in total. The Labute approximate surface area is 48.7 Å². The summed E-state index contributed by atoms with van der Waals surface area (Å²) >= 11 is -1.12. The summed E-state index contributed by atoms with van der Waals surface area (Å²) in [6, 6.07) is 0. The molecule has 0 aliphatic rings. The summed E-state index contributed by atoms with van der Waals surface area (Å²) in [6.07, 6.45) is 0. The minimum atomic E-state index is -1.12. The predicted molar refractivity (Wildman–Crippen MR) is 19.1 cm³/mol. The second-order valence-electron chi connectivity index (χ2n) is 0.345. The third-order valence-corrected chi connectivity index (χ3v) is 6.01. The van der Waals surface area contributed by atoms with Crippen LogP contribution < -0.4 is 0 Å². The van der Waals surface area contributed by atoms with Gasteiger partial charge in [0.1, 0.15) is 0 Å². The van der Waals surface area contributed by atoms with E-state index in [-0.39, 0.29) is 0 Å². The van der Waals surface area contributed by atoms with Crippen LogP contribution in [0.15, 0.2) is 0 Å². The first-order chi connectivity index (χ1) is 2.41. The SMILES string of the molecule is N#C[S][Hg][Cl]. The molecule has 0 heterocycles. The fraction of sp³-hybridized carbons (Fsp3) is 0. The molecule has 0 aromatic rings. The van der Waals surface area contributed by atoms with Crippen molar-refractivity contribution in [3.8, 4) is 5.40 Å². The van der Waals surface area contributed by atoms with E-state index in [1.54, 1.807) is 0 Å². The zero-order valence-electron chi connectivity index (χ0n) is 2.44. The van der Waals surface area contributed by atoms with Crippen LogP contribution >= 0.6 is 16.5 Å². The van der Waals surface area contributed by atoms with Crippen molar-refractivity contribution < 1.29 is 21.8 Å². The minimum absolute atomic E-state index is 1.12. The number of nitriles is 1. The van der Waals surface area contributed by atoms with Crippen LogP contribution in [-0.4, -0.2) is 0 Å². The Morgan fingerprint density at radius 1 is 2.00 bits per heavy atom. The first-order valence-electron chi connectivity index (χ1n) is 0.984. The monoisotopic (exact) mass is 295 g/mol. The molecule has 0 aromatic heterocycles. The number of rotatable bonds is 1. The van der Waals surface area contributed by atoms with E-state index in [2.05, 4.69) is 0 Å². The molecule has 0 saturated heterocycles. The Kier molecular flexibility index (Phi) is 6.14. The van der Waals surface area contributed by atoms with E-state index in [1.807, 2.05) is 5.40 Å². The predicted octanol–water partition coefficient (Wildman–Crippen LogP) is 1.35. The molecule has 0 amide bonds. The first kappa shape index (κ1) is 6.07. The topological polar surface area (TPSA) is 23.8 Å². The maximum absolute atomic E-state index is 7.75. The van der Waals surface area contributed by atoms with Gasteiger partial charge >= 0.3 is 49.0 Å². The zero-order valence-corrected chi connectivity index (χ0v) is 9.51. The summed E-state index contributed by atoms with van der Waals surface area (Å²) in [4.78, 5) is 0. The van der Waals surface area contributed by atoms with E-state index in [4.69, 9.17) is 13.5 Å². The fourth-order valence-corrected chi connectivity index (χ4v) is 1.93. The van der Waals surface area contributed by atoms with Crippen molar-refractivity contribution in [1.82, 2.24) is 0 Å². The number of hydrogen-bond donors (Lipinski definition) is 0. The molecule has 0 N–H and O–H groups in total. The van der Waals surface area contributed by atoms with Crippen molar-refractivity contribution in [2.45, 2.75) is 0 Å². The third kappa shape index (κ3) is 5.07. The van der Waals surface area contributed by atoms with Crippen molar-refractivity contribution in [2.24, 2.45) is 0 Å². The summed E-state index contributed by atoms with van der Waals surface area (Å²) in [5.41, 5.74) is 0. The van der Waals surface area contributed by atoms with E-state index in [0.29, 0.717) is 0 Å². The Morgan fingerprint density at radius 3 is 2.60 bits per heavy atom. The Morgan fingerprint density at radius 2 is 2.60 bits per heavy atom. The fourth-order valence-electron chi connectivity index (χ4n) is 0.0244. The van der Waals surface area contributed by atoms with E-state index in [9.17, 15) is 0 Å². The normalized spacial score (nSPS) is 4.80. The van der Waals surface area contributed by atoms with Gasteiger partial charge in [0.05, 0.1) is 0 Å². The van der Waals surface area contributed by atoms with Crippen LogP contribution in [0, 0.1) is 10.7 Å².